The molecule has 2 N–H and O–H groups in total. The number of nitrogens with zero attached hydrogens (tertiary/aromatic N) is 2. The van der Waals surface area contributed by atoms with E-state index in [1.54, 1.807) is 29.2 Å². The number of carbonyl (C=O) groups excluding carboxylic acids is 1. The first kappa shape index (κ1) is 17.9. The number of benzene rings is 1. The van der Waals surface area contributed by atoms with E-state index in [4.69, 9.17) is 23.2 Å². The Balaban J connectivity index is 1.32. The number of hydrogen-bond donors (Lipinski definition) is 2. The zero-order valence-electron chi connectivity index (χ0n) is 14.6. The van der Waals surface area contributed by atoms with E-state index in [2.05, 4.69) is 10.3 Å². The van der Waals surface area contributed by atoms with Gasteiger partial charge in [0, 0.05) is 23.4 Å². The van der Waals surface area contributed by atoms with Crippen molar-refractivity contribution in [3.8, 4) is 0 Å². The lowest BCUT2D eigenvalue weighted by Gasteiger charge is -2.27. The summed E-state index contributed by atoms with van der Waals surface area (Å²) in [7, 11) is 0. The Kier molecular flexibility index (Phi) is 3.95. The number of carbonyl (C=O) groups is 1. The Bertz CT molecular complexity index is 1100. The van der Waals surface area contributed by atoms with Crippen molar-refractivity contribution in [3.05, 3.63) is 70.0 Å². The van der Waals surface area contributed by atoms with Gasteiger partial charge in [-0.1, -0.05) is 23.2 Å². The van der Waals surface area contributed by atoms with Gasteiger partial charge in [-0.25, -0.2) is 9.37 Å². The zero-order valence-corrected chi connectivity index (χ0v) is 16.1. The number of rotatable bonds is 3. The molecule has 4 atom stereocenters. The number of aliphatic hydroxyl groups is 1. The molecule has 1 aromatic carbocycles. The highest BCUT2D eigenvalue weighted by Gasteiger charge is 2.62. The van der Waals surface area contributed by atoms with Gasteiger partial charge >= 0.3 is 0 Å². The largest absolute Gasteiger partial charge is 0.385 e. The molecule has 5 rings (SSSR count). The minimum atomic E-state index is -0.998. The summed E-state index contributed by atoms with van der Waals surface area (Å²) in [4.78, 5) is 16.6. The molecule has 2 aliphatic carbocycles. The molecule has 2 saturated carbocycles. The van der Waals surface area contributed by atoms with Crippen LogP contribution in [0.15, 0.2) is 43.0 Å². The fraction of sp³-hybridized carbons (Fsp3) is 0.300. The normalized spacial score (nSPS) is 28.4. The maximum absolute atomic E-state index is 13.3. The Hall–Kier alpha value is -2.15. The van der Waals surface area contributed by atoms with Crippen LogP contribution in [-0.2, 0) is 5.60 Å². The van der Waals surface area contributed by atoms with Gasteiger partial charge in [0.1, 0.15) is 5.82 Å². The summed E-state index contributed by atoms with van der Waals surface area (Å²) in [6.07, 6.45) is 6.19. The van der Waals surface area contributed by atoms with Crippen LogP contribution in [0.3, 0.4) is 0 Å². The Morgan fingerprint density at radius 1 is 1.29 bits per heavy atom. The van der Waals surface area contributed by atoms with Gasteiger partial charge in [-0.15, -0.1) is 0 Å². The molecule has 5 nitrogen and oxygen atoms in total. The monoisotopic (exact) mass is 419 g/mol. The van der Waals surface area contributed by atoms with Gasteiger partial charge in [0.05, 0.1) is 33.7 Å². The van der Waals surface area contributed by atoms with E-state index in [0.717, 1.165) is 11.1 Å². The van der Waals surface area contributed by atoms with E-state index in [0.29, 0.717) is 23.4 Å². The van der Waals surface area contributed by atoms with E-state index >= 15 is 0 Å². The number of halogens is 3. The summed E-state index contributed by atoms with van der Waals surface area (Å²) in [5, 5.41) is 14.7. The third-order valence-corrected chi connectivity index (χ3v) is 6.44. The molecule has 0 bridgehead atoms. The minimum absolute atomic E-state index is 0.00304. The summed E-state index contributed by atoms with van der Waals surface area (Å²) in [5.74, 6) is -0.469. The quantitative estimate of drug-likeness (QED) is 0.678. The first-order chi connectivity index (χ1) is 13.4. The average Bonchev–Trinajstić information content (AvgIpc) is 3.03. The molecule has 144 valence electrons. The second-order valence-electron chi connectivity index (χ2n) is 7.65. The second kappa shape index (κ2) is 6.17. The van der Waals surface area contributed by atoms with Crippen molar-refractivity contribution >= 4 is 34.6 Å². The van der Waals surface area contributed by atoms with Gasteiger partial charge in [-0.05, 0) is 48.9 Å². The molecule has 0 spiro atoms. The number of imidazole rings is 1. The summed E-state index contributed by atoms with van der Waals surface area (Å²) in [6, 6.07) is 5.70. The van der Waals surface area contributed by atoms with Gasteiger partial charge in [-0.2, -0.15) is 0 Å². The van der Waals surface area contributed by atoms with Gasteiger partial charge in [0.2, 0.25) is 0 Å². The van der Waals surface area contributed by atoms with Crippen LogP contribution in [0.5, 0.6) is 0 Å². The third-order valence-electron chi connectivity index (χ3n) is 5.95. The lowest BCUT2D eigenvalue weighted by Crippen LogP contribution is -2.33. The first-order valence-corrected chi connectivity index (χ1v) is 9.71. The Morgan fingerprint density at radius 2 is 2.04 bits per heavy atom. The van der Waals surface area contributed by atoms with Crippen molar-refractivity contribution in [2.24, 2.45) is 11.8 Å². The molecular formula is C20H16Cl2FN3O2. The van der Waals surface area contributed by atoms with Crippen LogP contribution in [0.25, 0.3) is 5.52 Å². The number of aromatic nitrogens is 2. The molecule has 28 heavy (non-hydrogen) atoms. The highest BCUT2D eigenvalue weighted by atomic mass is 35.5. The number of fused-ring (bicyclic) bond motifs is 2. The lowest BCUT2D eigenvalue weighted by molar-refractivity contribution is 0.0289. The maximum Gasteiger partial charge on any atom is 0.251 e. The summed E-state index contributed by atoms with van der Waals surface area (Å²) in [6.45, 7) is 0. The van der Waals surface area contributed by atoms with Gasteiger partial charge < -0.3 is 14.8 Å². The van der Waals surface area contributed by atoms with Crippen molar-refractivity contribution in [1.82, 2.24) is 14.7 Å². The van der Waals surface area contributed by atoms with Crippen molar-refractivity contribution in [3.63, 3.8) is 0 Å². The SMILES string of the molecule is O=C(NC1[C@H]2CC(O)(c3cc(Cl)cn4cncc34)C[C@@H]12)c1ccc(F)c(Cl)c1. The van der Waals surface area contributed by atoms with Gasteiger partial charge in [-0.3, -0.25) is 4.79 Å². The highest BCUT2D eigenvalue weighted by molar-refractivity contribution is 6.31. The Labute approximate surface area is 170 Å². The van der Waals surface area contributed by atoms with Crippen molar-refractivity contribution < 1.29 is 14.3 Å². The van der Waals surface area contributed by atoms with Crippen LogP contribution in [0.1, 0.15) is 28.8 Å². The molecule has 2 unspecified atom stereocenters. The van der Waals surface area contributed by atoms with Crippen LogP contribution in [0.2, 0.25) is 10.0 Å². The molecule has 1 amide bonds. The predicted octanol–water partition coefficient (Wildman–Crippen LogP) is 3.81. The van der Waals surface area contributed by atoms with Gasteiger partial charge in [0.25, 0.3) is 5.91 Å². The van der Waals surface area contributed by atoms with Crippen LogP contribution >= 0.6 is 23.2 Å². The van der Waals surface area contributed by atoms with Crippen LogP contribution in [0.4, 0.5) is 4.39 Å². The van der Waals surface area contributed by atoms with Crippen LogP contribution in [0, 0.1) is 17.7 Å². The second-order valence-corrected chi connectivity index (χ2v) is 8.50. The smallest absolute Gasteiger partial charge is 0.251 e. The summed E-state index contributed by atoms with van der Waals surface area (Å²) < 4.78 is 15.1. The molecule has 0 aliphatic heterocycles. The standard InChI is InChI=1S/C20H16Cl2FN3O2/c21-11-4-14(17-7-24-9-26(17)8-11)20(28)5-12-13(6-20)18(12)25-19(27)10-1-2-16(23)15(22)3-10/h1-4,7-9,12-13,18,28H,5-6H2,(H,25,27)/t12-,13+,18?,20?. The topological polar surface area (TPSA) is 66.6 Å². The number of pyridine rings is 1. The molecule has 2 aliphatic rings. The molecule has 2 heterocycles. The molecule has 0 saturated heterocycles. The number of amides is 1. The molecule has 3 aromatic rings. The lowest BCUT2D eigenvalue weighted by atomic mass is 9.88. The molecular weight excluding hydrogens is 404 g/mol. The van der Waals surface area contributed by atoms with E-state index in [1.807, 2.05) is 0 Å². The highest BCUT2D eigenvalue weighted by Crippen LogP contribution is 2.60. The van der Waals surface area contributed by atoms with E-state index in [1.165, 1.54) is 18.2 Å². The van der Waals surface area contributed by atoms with Crippen molar-refractivity contribution in [2.75, 3.05) is 0 Å². The van der Waals surface area contributed by atoms with Crippen LogP contribution in [-0.4, -0.2) is 26.4 Å². The fourth-order valence-corrected chi connectivity index (χ4v) is 4.94. The van der Waals surface area contributed by atoms with Crippen molar-refractivity contribution in [2.45, 2.75) is 24.5 Å². The molecule has 2 fully saturated rings. The minimum Gasteiger partial charge on any atom is -0.385 e. The fourth-order valence-electron chi connectivity index (χ4n) is 4.54. The van der Waals surface area contributed by atoms with Crippen LogP contribution < -0.4 is 5.32 Å². The number of hydrogen-bond acceptors (Lipinski definition) is 3. The van der Waals surface area contributed by atoms with E-state index < -0.39 is 11.4 Å². The van der Waals surface area contributed by atoms with Gasteiger partial charge in [0.15, 0.2) is 0 Å². The molecule has 8 heteroatoms. The van der Waals surface area contributed by atoms with Crippen molar-refractivity contribution in [1.29, 1.82) is 0 Å². The maximum atomic E-state index is 13.3. The van der Waals surface area contributed by atoms with E-state index in [-0.39, 0.29) is 28.8 Å². The predicted molar refractivity (Wildman–Crippen MR) is 103 cm³/mol. The summed E-state index contributed by atoms with van der Waals surface area (Å²) in [5.41, 5.74) is 0.916. The average molecular weight is 420 g/mol. The third kappa shape index (κ3) is 2.79. The first-order valence-electron chi connectivity index (χ1n) is 8.96. The zero-order chi connectivity index (χ0) is 19.6. The summed E-state index contributed by atoms with van der Waals surface area (Å²) >= 11 is 12.0. The number of nitrogens with one attached hydrogen (secondary N) is 1. The Morgan fingerprint density at radius 3 is 2.75 bits per heavy atom. The molecule has 0 radical (unpaired) electrons. The van der Waals surface area contributed by atoms with E-state index in [9.17, 15) is 14.3 Å². The molecule has 2 aromatic heterocycles.